The number of hydrogen-bond acceptors (Lipinski definition) is 3. The molecule has 0 radical (unpaired) electrons. The number of carbonyl (C=O) groups excluding carboxylic acids is 1. The van der Waals surface area contributed by atoms with E-state index in [-0.39, 0.29) is 25.6 Å². The maximum Gasteiger partial charge on any atom is 0.389 e. The van der Waals surface area contributed by atoms with E-state index in [2.05, 4.69) is 0 Å². The van der Waals surface area contributed by atoms with Crippen molar-refractivity contribution >= 4 is 5.91 Å². The molecule has 34 heavy (non-hydrogen) atoms. The number of fused-ring (bicyclic) bond motifs is 1. The van der Waals surface area contributed by atoms with Crippen molar-refractivity contribution in [1.29, 1.82) is 0 Å². The van der Waals surface area contributed by atoms with Crippen LogP contribution in [-0.4, -0.2) is 35.2 Å². The summed E-state index contributed by atoms with van der Waals surface area (Å²) in [6.45, 7) is 0.539. The van der Waals surface area contributed by atoms with Crippen molar-refractivity contribution in [2.75, 3.05) is 13.2 Å². The Morgan fingerprint density at radius 1 is 0.941 bits per heavy atom. The largest absolute Gasteiger partial charge is 0.491 e. The maximum absolute atomic E-state index is 12.6. The predicted octanol–water partition coefficient (Wildman–Crippen LogP) is 5.62. The van der Waals surface area contributed by atoms with E-state index in [1.54, 1.807) is 18.2 Å². The van der Waals surface area contributed by atoms with E-state index >= 15 is 0 Å². The molecular formula is C27H26F3NO3. The van der Waals surface area contributed by atoms with Crippen molar-refractivity contribution in [1.82, 2.24) is 4.90 Å². The average molecular weight is 470 g/mol. The quantitative estimate of drug-likeness (QED) is 0.510. The van der Waals surface area contributed by atoms with Gasteiger partial charge in [0, 0.05) is 24.4 Å². The summed E-state index contributed by atoms with van der Waals surface area (Å²) in [5.41, 5.74) is 3.21. The van der Waals surface area contributed by atoms with Crippen LogP contribution in [-0.2, 0) is 11.3 Å². The van der Waals surface area contributed by atoms with Crippen molar-refractivity contribution in [3.05, 3.63) is 101 Å². The van der Waals surface area contributed by atoms with Gasteiger partial charge in [0.1, 0.15) is 12.4 Å². The van der Waals surface area contributed by atoms with Gasteiger partial charge in [-0.1, -0.05) is 66.7 Å². The third-order valence-corrected chi connectivity index (χ3v) is 6.01. The van der Waals surface area contributed by atoms with Crippen LogP contribution in [0.5, 0.6) is 5.75 Å². The van der Waals surface area contributed by atoms with Crippen LogP contribution >= 0.6 is 0 Å². The fraction of sp³-hybridized carbons (Fsp3) is 0.296. The van der Waals surface area contributed by atoms with Crippen LogP contribution in [0.25, 0.3) is 0 Å². The van der Waals surface area contributed by atoms with E-state index in [4.69, 9.17) is 4.74 Å². The van der Waals surface area contributed by atoms with Crippen LogP contribution in [0.15, 0.2) is 78.9 Å². The molecule has 1 atom stereocenters. The van der Waals surface area contributed by atoms with Crippen LogP contribution in [0.2, 0.25) is 0 Å². The lowest BCUT2D eigenvalue weighted by Gasteiger charge is -2.25. The number of halogens is 3. The lowest BCUT2D eigenvalue weighted by molar-refractivity contribution is -0.149. The lowest BCUT2D eigenvalue weighted by atomic mass is 9.83. The molecule has 0 fully saturated rings. The molecular weight excluding hydrogens is 443 g/mol. The molecule has 0 aliphatic carbocycles. The van der Waals surface area contributed by atoms with Gasteiger partial charge in [-0.3, -0.25) is 4.79 Å². The van der Waals surface area contributed by atoms with Gasteiger partial charge in [0.15, 0.2) is 0 Å². The highest BCUT2D eigenvalue weighted by molar-refractivity contribution is 5.76. The molecule has 4 nitrogen and oxygen atoms in total. The fourth-order valence-corrected chi connectivity index (χ4v) is 4.29. The summed E-state index contributed by atoms with van der Waals surface area (Å²) in [5, 5.41) is 11.5. The number of carbonyl (C=O) groups is 1. The highest BCUT2D eigenvalue weighted by atomic mass is 19.4. The van der Waals surface area contributed by atoms with E-state index in [9.17, 15) is 23.1 Å². The molecule has 1 aliphatic heterocycles. The molecule has 1 N–H and O–H groups in total. The number of nitrogens with zero attached hydrogens (tertiary/aromatic N) is 1. The zero-order chi connectivity index (χ0) is 24.1. The van der Waals surface area contributed by atoms with Crippen molar-refractivity contribution < 1.29 is 27.8 Å². The highest BCUT2D eigenvalue weighted by Gasteiger charge is 2.30. The summed E-state index contributed by atoms with van der Waals surface area (Å²) in [4.78, 5) is 13.8. The van der Waals surface area contributed by atoms with Crippen LogP contribution in [0, 0.1) is 0 Å². The second kappa shape index (κ2) is 10.3. The minimum Gasteiger partial charge on any atom is -0.491 e. The number of rotatable bonds is 6. The first-order valence-corrected chi connectivity index (χ1v) is 11.2. The zero-order valence-electron chi connectivity index (χ0n) is 18.5. The number of amides is 1. The molecule has 1 aliphatic rings. The maximum atomic E-state index is 12.6. The van der Waals surface area contributed by atoms with Crippen molar-refractivity contribution in [2.24, 2.45) is 0 Å². The molecule has 0 saturated heterocycles. The van der Waals surface area contributed by atoms with Crippen LogP contribution < -0.4 is 4.74 Å². The normalized spacial score (nSPS) is 14.8. The van der Waals surface area contributed by atoms with Gasteiger partial charge in [-0.15, -0.1) is 0 Å². The van der Waals surface area contributed by atoms with Gasteiger partial charge in [-0.25, -0.2) is 0 Å². The Labute approximate surface area is 196 Å². The fourth-order valence-electron chi connectivity index (χ4n) is 4.29. The molecule has 7 heteroatoms. The summed E-state index contributed by atoms with van der Waals surface area (Å²) >= 11 is 0. The molecule has 0 spiro atoms. The minimum absolute atomic E-state index is 0.133. The Hall–Kier alpha value is -3.32. The van der Waals surface area contributed by atoms with Gasteiger partial charge in [0.25, 0.3) is 0 Å². The van der Waals surface area contributed by atoms with E-state index in [1.165, 1.54) is 4.90 Å². The molecule has 178 valence electrons. The second-order valence-electron chi connectivity index (χ2n) is 8.39. The summed E-state index contributed by atoms with van der Waals surface area (Å²) in [5.74, 6) is -0.319. The molecule has 0 unspecified atom stereocenters. The predicted molar refractivity (Wildman–Crippen MR) is 122 cm³/mol. The van der Waals surface area contributed by atoms with Gasteiger partial charge < -0.3 is 14.7 Å². The molecule has 4 rings (SSSR count). The molecule has 0 saturated carbocycles. The molecule has 1 heterocycles. The van der Waals surface area contributed by atoms with Crippen molar-refractivity contribution in [2.45, 2.75) is 37.6 Å². The summed E-state index contributed by atoms with van der Waals surface area (Å²) < 4.78 is 43.5. The van der Waals surface area contributed by atoms with Crippen LogP contribution in [0.4, 0.5) is 13.2 Å². The summed E-state index contributed by atoms with van der Waals surface area (Å²) in [6.07, 6.45) is -7.00. The van der Waals surface area contributed by atoms with Gasteiger partial charge in [-0.05, 0) is 28.8 Å². The Bertz CT molecular complexity index is 1060. The van der Waals surface area contributed by atoms with Crippen LogP contribution in [0.3, 0.4) is 0 Å². The number of aliphatic hydroxyl groups is 1. The number of aliphatic hydroxyl groups excluding tert-OH is 1. The monoisotopic (exact) mass is 469 g/mol. The molecule has 0 bridgehead atoms. The van der Waals surface area contributed by atoms with Gasteiger partial charge in [-0.2, -0.15) is 13.2 Å². The minimum atomic E-state index is -4.38. The molecule has 3 aromatic rings. The highest BCUT2D eigenvalue weighted by Crippen LogP contribution is 2.38. The third-order valence-electron chi connectivity index (χ3n) is 6.01. The van der Waals surface area contributed by atoms with Crippen LogP contribution in [0.1, 0.15) is 47.1 Å². The Balaban J connectivity index is 1.61. The van der Waals surface area contributed by atoms with Crippen molar-refractivity contribution in [3.63, 3.8) is 0 Å². The first kappa shape index (κ1) is 23.8. The first-order chi connectivity index (χ1) is 16.3. The SMILES string of the molecule is O=C(CCC(F)(F)F)N1CCOc2ccc([C@H](O)C(c3ccccc3)c3ccccc3)cc2C1. The van der Waals surface area contributed by atoms with E-state index in [0.717, 1.165) is 11.1 Å². The Kier molecular flexibility index (Phi) is 7.22. The zero-order valence-corrected chi connectivity index (χ0v) is 18.5. The molecule has 1 amide bonds. The van der Waals surface area contributed by atoms with Gasteiger partial charge in [0.05, 0.1) is 19.1 Å². The smallest absolute Gasteiger partial charge is 0.389 e. The lowest BCUT2D eigenvalue weighted by Crippen LogP contribution is -2.33. The summed E-state index contributed by atoms with van der Waals surface area (Å²) in [7, 11) is 0. The molecule has 3 aromatic carbocycles. The first-order valence-electron chi connectivity index (χ1n) is 11.2. The average Bonchev–Trinajstić information content (AvgIpc) is 3.05. The topological polar surface area (TPSA) is 49.8 Å². The van der Waals surface area contributed by atoms with Gasteiger partial charge in [0.2, 0.25) is 5.91 Å². The van der Waals surface area contributed by atoms with Crippen molar-refractivity contribution in [3.8, 4) is 5.75 Å². The number of hydrogen-bond donors (Lipinski definition) is 1. The van der Waals surface area contributed by atoms with E-state index < -0.39 is 31.0 Å². The number of benzene rings is 3. The van der Waals surface area contributed by atoms with E-state index in [0.29, 0.717) is 16.9 Å². The standard InChI is InChI=1S/C27H26F3NO3/c28-27(29,30)14-13-24(32)31-15-16-34-23-12-11-21(17-22(23)18-31)26(33)25(19-7-3-1-4-8-19)20-9-5-2-6-10-20/h1-12,17,25-26,33H,13-16,18H2/t26-/m0/s1. The molecule has 0 aromatic heterocycles. The summed E-state index contributed by atoms with van der Waals surface area (Å²) in [6, 6.07) is 24.7. The Morgan fingerprint density at radius 3 is 2.15 bits per heavy atom. The number of alkyl halides is 3. The number of ether oxygens (including phenoxy) is 1. The third kappa shape index (κ3) is 5.78. The van der Waals surface area contributed by atoms with E-state index in [1.807, 2.05) is 60.7 Å². The van der Waals surface area contributed by atoms with Gasteiger partial charge >= 0.3 is 6.18 Å². The second-order valence-corrected chi connectivity index (χ2v) is 8.39. The Morgan fingerprint density at radius 2 is 1.56 bits per heavy atom.